The Kier molecular flexibility index (Phi) is 4.82. The van der Waals surface area contributed by atoms with Crippen molar-refractivity contribution in [3.8, 4) is 0 Å². The zero-order valence-corrected chi connectivity index (χ0v) is 10.8. The van der Waals surface area contributed by atoms with E-state index in [1.807, 2.05) is 26.1 Å². The molecule has 0 aliphatic rings. The number of benzene rings is 1. The molecule has 0 aliphatic heterocycles. The minimum absolute atomic E-state index is 0.156. The van der Waals surface area contributed by atoms with Crippen LogP contribution in [0.3, 0.4) is 0 Å². The van der Waals surface area contributed by atoms with Crippen LogP contribution in [0.2, 0.25) is 0 Å². The summed E-state index contributed by atoms with van der Waals surface area (Å²) in [6.45, 7) is 5.16. The average molecular weight is 235 g/mol. The van der Waals surface area contributed by atoms with Gasteiger partial charge in [-0.1, -0.05) is 24.6 Å². The summed E-state index contributed by atoms with van der Waals surface area (Å²) in [5.74, 6) is 0.156. The lowest BCUT2D eigenvalue weighted by Crippen LogP contribution is -2.24. The van der Waals surface area contributed by atoms with E-state index < -0.39 is 0 Å². The number of oxime groups is 1. The van der Waals surface area contributed by atoms with Crippen molar-refractivity contribution in [2.24, 2.45) is 10.9 Å². The van der Waals surface area contributed by atoms with E-state index in [2.05, 4.69) is 23.0 Å². The average Bonchev–Trinajstić information content (AvgIpc) is 2.34. The van der Waals surface area contributed by atoms with Gasteiger partial charge in [-0.2, -0.15) is 0 Å². The fraction of sp³-hybridized carbons (Fsp3) is 0.462. The van der Waals surface area contributed by atoms with Gasteiger partial charge in [0.1, 0.15) is 0 Å². The summed E-state index contributed by atoms with van der Waals surface area (Å²) in [7, 11) is 2.03. The van der Waals surface area contributed by atoms with Crippen LogP contribution in [0.15, 0.2) is 23.4 Å². The molecule has 0 bridgehead atoms. The molecule has 0 unspecified atom stereocenters. The van der Waals surface area contributed by atoms with Crippen molar-refractivity contribution < 1.29 is 5.21 Å². The van der Waals surface area contributed by atoms with Crippen LogP contribution in [0.4, 0.5) is 5.69 Å². The molecule has 1 aromatic rings. The number of anilines is 1. The molecule has 0 amide bonds. The normalized spacial score (nSPS) is 11.6. The number of aryl methyl sites for hydroxylation is 1. The van der Waals surface area contributed by atoms with Crippen LogP contribution < -0.4 is 10.6 Å². The Balaban J connectivity index is 3.06. The molecule has 0 aliphatic carbocycles. The summed E-state index contributed by atoms with van der Waals surface area (Å²) in [4.78, 5) is 2.14. The Labute approximate surface area is 103 Å². The highest BCUT2D eigenvalue weighted by atomic mass is 16.4. The maximum absolute atomic E-state index is 8.78. The summed E-state index contributed by atoms with van der Waals surface area (Å²) in [5.41, 5.74) is 8.63. The maximum atomic E-state index is 8.78. The van der Waals surface area contributed by atoms with Crippen LogP contribution in [0.1, 0.15) is 30.9 Å². The minimum Gasteiger partial charge on any atom is -0.409 e. The molecular formula is C13H21N3O. The van der Waals surface area contributed by atoms with Crippen LogP contribution in [0.25, 0.3) is 0 Å². The predicted molar refractivity (Wildman–Crippen MR) is 71.9 cm³/mol. The Hall–Kier alpha value is -1.71. The smallest absolute Gasteiger partial charge is 0.172 e. The van der Waals surface area contributed by atoms with Crippen molar-refractivity contribution in [1.29, 1.82) is 0 Å². The second-order valence-electron chi connectivity index (χ2n) is 4.28. The third kappa shape index (κ3) is 3.37. The summed E-state index contributed by atoms with van der Waals surface area (Å²) >= 11 is 0. The lowest BCUT2D eigenvalue weighted by atomic mass is 10.1. The Bertz CT molecular complexity index is 402. The molecule has 0 heterocycles. The van der Waals surface area contributed by atoms with Gasteiger partial charge in [-0.05, 0) is 31.0 Å². The van der Waals surface area contributed by atoms with Crippen molar-refractivity contribution >= 4 is 11.5 Å². The van der Waals surface area contributed by atoms with Gasteiger partial charge in [0.05, 0.1) is 0 Å². The number of unbranched alkanes of at least 4 members (excludes halogenated alkanes) is 1. The summed E-state index contributed by atoms with van der Waals surface area (Å²) < 4.78 is 0. The molecule has 1 rings (SSSR count). The third-order valence-electron chi connectivity index (χ3n) is 2.80. The van der Waals surface area contributed by atoms with E-state index in [9.17, 15) is 0 Å². The molecule has 0 saturated heterocycles. The zero-order chi connectivity index (χ0) is 12.8. The van der Waals surface area contributed by atoms with E-state index in [4.69, 9.17) is 10.9 Å². The molecule has 0 aromatic heterocycles. The highest BCUT2D eigenvalue weighted by Crippen LogP contribution is 2.21. The first-order valence-corrected chi connectivity index (χ1v) is 5.89. The van der Waals surface area contributed by atoms with Crippen LogP contribution in [-0.2, 0) is 0 Å². The zero-order valence-electron chi connectivity index (χ0n) is 10.8. The number of rotatable bonds is 5. The molecule has 94 valence electrons. The predicted octanol–water partition coefficient (Wildman–Crippen LogP) is 2.33. The first-order chi connectivity index (χ1) is 8.10. The monoisotopic (exact) mass is 235 g/mol. The van der Waals surface area contributed by atoms with Gasteiger partial charge < -0.3 is 15.8 Å². The van der Waals surface area contributed by atoms with Gasteiger partial charge in [0.25, 0.3) is 0 Å². The summed E-state index contributed by atoms with van der Waals surface area (Å²) in [6.07, 6.45) is 2.27. The van der Waals surface area contributed by atoms with E-state index in [0.717, 1.165) is 36.2 Å². The van der Waals surface area contributed by atoms with Crippen molar-refractivity contribution in [3.63, 3.8) is 0 Å². The number of hydrogen-bond donors (Lipinski definition) is 2. The lowest BCUT2D eigenvalue weighted by Gasteiger charge is -2.22. The quantitative estimate of drug-likeness (QED) is 0.356. The first kappa shape index (κ1) is 13.4. The highest BCUT2D eigenvalue weighted by Gasteiger charge is 2.10. The lowest BCUT2D eigenvalue weighted by molar-refractivity contribution is 0.318. The molecular weight excluding hydrogens is 214 g/mol. The van der Waals surface area contributed by atoms with Crippen LogP contribution in [0, 0.1) is 6.92 Å². The molecule has 0 atom stereocenters. The molecule has 0 radical (unpaired) electrons. The van der Waals surface area contributed by atoms with Gasteiger partial charge in [-0.3, -0.25) is 0 Å². The van der Waals surface area contributed by atoms with Crippen LogP contribution in [0.5, 0.6) is 0 Å². The Morgan fingerprint density at radius 3 is 2.76 bits per heavy atom. The van der Waals surface area contributed by atoms with Crippen molar-refractivity contribution in [2.75, 3.05) is 18.5 Å². The third-order valence-corrected chi connectivity index (χ3v) is 2.80. The highest BCUT2D eigenvalue weighted by molar-refractivity contribution is 6.02. The largest absolute Gasteiger partial charge is 0.409 e. The van der Waals surface area contributed by atoms with Gasteiger partial charge in [0, 0.05) is 24.8 Å². The van der Waals surface area contributed by atoms with Crippen molar-refractivity contribution in [1.82, 2.24) is 0 Å². The minimum atomic E-state index is 0.156. The standard InChI is InChI=1S/C13H21N3O/c1-4-5-8-16(3)12-9-10(2)6-7-11(12)13(14)15-17/h6-7,9,17H,4-5,8H2,1-3H3,(H2,14,15). The maximum Gasteiger partial charge on any atom is 0.172 e. The molecule has 0 fully saturated rings. The molecule has 0 spiro atoms. The SMILES string of the molecule is CCCCN(C)c1cc(C)ccc1C(N)=NO. The molecule has 1 aromatic carbocycles. The number of hydrogen-bond acceptors (Lipinski definition) is 3. The van der Waals surface area contributed by atoms with Gasteiger partial charge in [0.2, 0.25) is 0 Å². The van der Waals surface area contributed by atoms with E-state index in [-0.39, 0.29) is 5.84 Å². The van der Waals surface area contributed by atoms with E-state index in [1.165, 1.54) is 0 Å². The Morgan fingerprint density at radius 1 is 1.47 bits per heavy atom. The van der Waals surface area contributed by atoms with Crippen molar-refractivity contribution in [2.45, 2.75) is 26.7 Å². The van der Waals surface area contributed by atoms with Gasteiger partial charge in [-0.15, -0.1) is 0 Å². The van der Waals surface area contributed by atoms with Crippen LogP contribution in [-0.4, -0.2) is 24.6 Å². The second kappa shape index (κ2) is 6.13. The fourth-order valence-corrected chi connectivity index (χ4v) is 1.74. The van der Waals surface area contributed by atoms with Crippen molar-refractivity contribution in [3.05, 3.63) is 29.3 Å². The van der Waals surface area contributed by atoms with Gasteiger partial charge in [0.15, 0.2) is 5.84 Å². The van der Waals surface area contributed by atoms with E-state index in [0.29, 0.717) is 0 Å². The summed E-state index contributed by atoms with van der Waals surface area (Å²) in [5, 5.41) is 11.9. The number of nitrogens with zero attached hydrogens (tertiary/aromatic N) is 2. The number of nitrogens with two attached hydrogens (primary N) is 1. The van der Waals surface area contributed by atoms with Crippen LogP contribution >= 0.6 is 0 Å². The van der Waals surface area contributed by atoms with E-state index >= 15 is 0 Å². The molecule has 3 N–H and O–H groups in total. The molecule has 4 nitrogen and oxygen atoms in total. The molecule has 0 saturated carbocycles. The fourth-order valence-electron chi connectivity index (χ4n) is 1.74. The topological polar surface area (TPSA) is 61.8 Å². The molecule has 17 heavy (non-hydrogen) atoms. The summed E-state index contributed by atoms with van der Waals surface area (Å²) in [6, 6.07) is 5.91. The van der Waals surface area contributed by atoms with Gasteiger partial charge in [-0.25, -0.2) is 0 Å². The van der Waals surface area contributed by atoms with Gasteiger partial charge >= 0.3 is 0 Å². The Morgan fingerprint density at radius 2 is 2.18 bits per heavy atom. The second-order valence-corrected chi connectivity index (χ2v) is 4.28. The first-order valence-electron chi connectivity index (χ1n) is 5.89. The number of amidine groups is 1. The van der Waals surface area contributed by atoms with E-state index in [1.54, 1.807) is 0 Å². The molecule has 4 heteroatoms.